The molecule has 0 aliphatic carbocycles. The number of aromatic nitrogens is 1. The van der Waals surface area contributed by atoms with Gasteiger partial charge in [-0.15, -0.1) is 0 Å². The number of carbonyl (C=O) groups is 3. The fourth-order valence-electron chi connectivity index (χ4n) is 2.68. The lowest BCUT2D eigenvalue weighted by molar-refractivity contribution is -0.123. The average molecular weight is 423 g/mol. The van der Waals surface area contributed by atoms with Gasteiger partial charge in [0, 0.05) is 17.4 Å². The van der Waals surface area contributed by atoms with E-state index in [-0.39, 0.29) is 19.1 Å². The first-order chi connectivity index (χ1) is 14.9. The van der Waals surface area contributed by atoms with Gasteiger partial charge in [-0.2, -0.15) is 5.26 Å². The molecule has 0 spiro atoms. The van der Waals surface area contributed by atoms with Gasteiger partial charge in [0.15, 0.2) is 0 Å². The van der Waals surface area contributed by atoms with Crippen molar-refractivity contribution in [3.8, 4) is 6.07 Å². The zero-order valence-corrected chi connectivity index (χ0v) is 17.4. The van der Waals surface area contributed by atoms with Gasteiger partial charge in [0.1, 0.15) is 19.2 Å². The number of carbonyl (C=O) groups excluding carboxylic acids is 3. The summed E-state index contributed by atoms with van der Waals surface area (Å²) in [4.78, 5) is 40.7. The van der Waals surface area contributed by atoms with Crippen LogP contribution in [0.2, 0.25) is 0 Å². The number of rotatable bonds is 9. The predicted octanol–water partition coefficient (Wildman–Crippen LogP) is 2.61. The van der Waals surface area contributed by atoms with Gasteiger partial charge in [0.25, 0.3) is 5.91 Å². The predicted molar refractivity (Wildman–Crippen MR) is 114 cm³/mol. The summed E-state index contributed by atoms with van der Waals surface area (Å²) in [7, 11) is 0. The molecule has 2 rings (SSSR count). The van der Waals surface area contributed by atoms with Gasteiger partial charge in [0.05, 0.1) is 11.8 Å². The molecule has 1 heterocycles. The number of hydrogen-bond acceptors (Lipinski definition) is 6. The second kappa shape index (κ2) is 11.9. The number of nitrogens with one attached hydrogen (secondary N) is 3. The molecule has 2 aromatic rings. The number of hydrogen-bond donors (Lipinski definition) is 3. The molecular weight excluding hydrogens is 398 g/mol. The van der Waals surface area contributed by atoms with Crippen LogP contribution in [0.1, 0.15) is 36.3 Å². The molecule has 162 valence electrons. The van der Waals surface area contributed by atoms with Crippen LogP contribution in [0.4, 0.5) is 10.5 Å². The van der Waals surface area contributed by atoms with E-state index in [1.165, 1.54) is 12.1 Å². The Hall–Kier alpha value is -3.93. The van der Waals surface area contributed by atoms with Crippen molar-refractivity contribution in [3.63, 3.8) is 0 Å². The van der Waals surface area contributed by atoms with Crippen LogP contribution < -0.4 is 16.0 Å². The standard InChI is InChI=1S/C22H25N5O4/c1-15(2)13-19(21(29)25-12-10-23)27-20(28)16-6-8-17(9-7-16)26-22(30)31-14-18-5-3-4-11-24-18/h3-9,11,15,19H,12-14H2,1-2H3,(H,25,29)(H,26,30)(H,27,28)/t19-/m0/s1. The number of ether oxygens (including phenoxy) is 1. The highest BCUT2D eigenvalue weighted by atomic mass is 16.5. The molecule has 1 aromatic heterocycles. The van der Waals surface area contributed by atoms with Crippen LogP contribution in [-0.4, -0.2) is 35.5 Å². The molecular formula is C22H25N5O4. The lowest BCUT2D eigenvalue weighted by Crippen LogP contribution is -2.47. The van der Waals surface area contributed by atoms with Crippen LogP contribution in [0.5, 0.6) is 0 Å². The Morgan fingerprint density at radius 2 is 1.87 bits per heavy atom. The van der Waals surface area contributed by atoms with E-state index in [9.17, 15) is 14.4 Å². The summed E-state index contributed by atoms with van der Waals surface area (Å²) in [5, 5.41) is 16.4. The van der Waals surface area contributed by atoms with E-state index < -0.39 is 23.9 Å². The summed E-state index contributed by atoms with van der Waals surface area (Å²) in [5.41, 5.74) is 1.40. The number of benzene rings is 1. The zero-order valence-electron chi connectivity index (χ0n) is 17.4. The number of nitrogens with zero attached hydrogens (tertiary/aromatic N) is 2. The minimum atomic E-state index is -0.750. The Bertz CT molecular complexity index is 923. The summed E-state index contributed by atoms with van der Waals surface area (Å²) in [5.74, 6) is -0.665. The smallest absolute Gasteiger partial charge is 0.412 e. The molecule has 0 aliphatic heterocycles. The van der Waals surface area contributed by atoms with Crippen molar-refractivity contribution >= 4 is 23.6 Å². The second-order valence-electron chi connectivity index (χ2n) is 7.13. The molecule has 0 saturated heterocycles. The highest BCUT2D eigenvalue weighted by Gasteiger charge is 2.22. The van der Waals surface area contributed by atoms with Crippen molar-refractivity contribution < 1.29 is 19.1 Å². The highest BCUT2D eigenvalue weighted by Crippen LogP contribution is 2.12. The quantitative estimate of drug-likeness (QED) is 0.531. The van der Waals surface area contributed by atoms with E-state index >= 15 is 0 Å². The van der Waals surface area contributed by atoms with Crippen LogP contribution in [0.3, 0.4) is 0 Å². The second-order valence-corrected chi connectivity index (χ2v) is 7.13. The fourth-order valence-corrected chi connectivity index (χ4v) is 2.68. The van der Waals surface area contributed by atoms with Crippen LogP contribution in [0, 0.1) is 17.2 Å². The molecule has 0 fully saturated rings. The Balaban J connectivity index is 1.91. The maximum atomic E-state index is 12.5. The lowest BCUT2D eigenvalue weighted by Gasteiger charge is -2.19. The van der Waals surface area contributed by atoms with Gasteiger partial charge in [-0.05, 0) is 48.7 Å². The molecule has 1 aromatic carbocycles. The molecule has 9 nitrogen and oxygen atoms in total. The van der Waals surface area contributed by atoms with Crippen LogP contribution >= 0.6 is 0 Å². The SMILES string of the molecule is CC(C)C[C@H](NC(=O)c1ccc(NC(=O)OCc2ccccn2)cc1)C(=O)NCC#N. The third-order valence-corrected chi connectivity index (χ3v) is 4.14. The van der Waals surface area contributed by atoms with Gasteiger partial charge in [-0.3, -0.25) is 19.9 Å². The summed E-state index contributed by atoms with van der Waals surface area (Å²) in [6.45, 7) is 3.78. The summed E-state index contributed by atoms with van der Waals surface area (Å²) < 4.78 is 5.10. The van der Waals surface area contributed by atoms with Crippen molar-refractivity contribution in [1.29, 1.82) is 5.26 Å². The molecule has 0 unspecified atom stereocenters. The number of nitriles is 1. The normalized spacial score (nSPS) is 11.2. The van der Waals surface area contributed by atoms with Gasteiger partial charge in [-0.25, -0.2) is 4.79 Å². The van der Waals surface area contributed by atoms with Gasteiger partial charge < -0.3 is 15.4 Å². The topological polar surface area (TPSA) is 133 Å². The molecule has 3 N–H and O–H groups in total. The van der Waals surface area contributed by atoms with Gasteiger partial charge in [-0.1, -0.05) is 19.9 Å². The van der Waals surface area contributed by atoms with Crippen LogP contribution in [-0.2, 0) is 16.1 Å². The number of anilines is 1. The lowest BCUT2D eigenvalue weighted by atomic mass is 10.0. The maximum Gasteiger partial charge on any atom is 0.412 e. The van der Waals surface area contributed by atoms with E-state index in [2.05, 4.69) is 20.9 Å². The van der Waals surface area contributed by atoms with E-state index in [0.717, 1.165) is 0 Å². The molecule has 3 amide bonds. The molecule has 0 radical (unpaired) electrons. The van der Waals surface area contributed by atoms with E-state index in [0.29, 0.717) is 23.4 Å². The van der Waals surface area contributed by atoms with E-state index in [1.807, 2.05) is 19.9 Å². The number of amides is 3. The largest absolute Gasteiger partial charge is 0.443 e. The summed E-state index contributed by atoms with van der Waals surface area (Å²) in [6.07, 6.45) is 1.40. The third-order valence-electron chi connectivity index (χ3n) is 4.14. The molecule has 9 heteroatoms. The van der Waals surface area contributed by atoms with Crippen LogP contribution in [0.15, 0.2) is 48.7 Å². The average Bonchev–Trinajstić information content (AvgIpc) is 2.76. The van der Waals surface area contributed by atoms with Crippen molar-refractivity contribution in [2.24, 2.45) is 5.92 Å². The molecule has 31 heavy (non-hydrogen) atoms. The fraction of sp³-hybridized carbons (Fsp3) is 0.318. The zero-order chi connectivity index (χ0) is 22.6. The first kappa shape index (κ1) is 23.3. The Labute approximate surface area is 180 Å². The van der Waals surface area contributed by atoms with Crippen molar-refractivity contribution in [3.05, 3.63) is 59.9 Å². The van der Waals surface area contributed by atoms with E-state index in [4.69, 9.17) is 10.00 Å². The Morgan fingerprint density at radius 3 is 2.48 bits per heavy atom. The summed E-state index contributed by atoms with van der Waals surface area (Å²) in [6, 6.07) is 12.6. The van der Waals surface area contributed by atoms with Crippen LogP contribution in [0.25, 0.3) is 0 Å². The van der Waals surface area contributed by atoms with E-state index in [1.54, 1.807) is 36.5 Å². The Morgan fingerprint density at radius 1 is 1.13 bits per heavy atom. The first-order valence-electron chi connectivity index (χ1n) is 9.78. The van der Waals surface area contributed by atoms with Crippen molar-refractivity contribution in [2.75, 3.05) is 11.9 Å². The minimum absolute atomic E-state index is 0.0399. The highest BCUT2D eigenvalue weighted by molar-refractivity contribution is 5.98. The Kier molecular flexibility index (Phi) is 8.98. The molecule has 0 saturated carbocycles. The monoisotopic (exact) mass is 423 g/mol. The molecule has 0 bridgehead atoms. The number of pyridine rings is 1. The van der Waals surface area contributed by atoms with Gasteiger partial charge >= 0.3 is 6.09 Å². The van der Waals surface area contributed by atoms with Crippen molar-refractivity contribution in [1.82, 2.24) is 15.6 Å². The maximum absolute atomic E-state index is 12.5. The third kappa shape index (κ3) is 8.14. The van der Waals surface area contributed by atoms with Crippen molar-refractivity contribution in [2.45, 2.75) is 32.9 Å². The molecule has 1 atom stereocenters. The minimum Gasteiger partial charge on any atom is -0.443 e. The molecule has 0 aliphatic rings. The first-order valence-corrected chi connectivity index (χ1v) is 9.78. The van der Waals surface area contributed by atoms with Gasteiger partial charge in [0.2, 0.25) is 5.91 Å². The summed E-state index contributed by atoms with van der Waals surface area (Å²) >= 11 is 0.